The van der Waals surface area contributed by atoms with Crippen LogP contribution in [-0.2, 0) is 0 Å². The van der Waals surface area contributed by atoms with Crippen LogP contribution in [0.2, 0.25) is 0 Å². The number of aromatic nitrogens is 1. The average molecular weight is 337 g/mol. The number of halogens is 1. The van der Waals surface area contributed by atoms with Crippen molar-refractivity contribution >= 4 is 21.8 Å². The van der Waals surface area contributed by atoms with Gasteiger partial charge < -0.3 is 9.84 Å². The van der Waals surface area contributed by atoms with Crippen LogP contribution in [0.15, 0.2) is 27.2 Å². The lowest BCUT2D eigenvalue weighted by Crippen LogP contribution is -2.27. The van der Waals surface area contributed by atoms with E-state index in [1.165, 1.54) is 0 Å². The van der Waals surface area contributed by atoms with Gasteiger partial charge in [-0.25, -0.2) is 0 Å². The molecular weight excluding hydrogens is 320 g/mol. The number of nitrogens with zero attached hydrogens (tertiary/aromatic N) is 1. The molecule has 0 fully saturated rings. The van der Waals surface area contributed by atoms with Crippen molar-refractivity contribution in [2.75, 3.05) is 0 Å². The first-order valence-corrected chi connectivity index (χ1v) is 7.19. The molecule has 20 heavy (non-hydrogen) atoms. The Bertz CT molecular complexity index is 630. The minimum absolute atomic E-state index is 0.101. The molecule has 0 aliphatic carbocycles. The second kappa shape index (κ2) is 5.79. The molecule has 2 aromatic rings. The molecule has 1 atom stereocenters. The van der Waals surface area contributed by atoms with Crippen molar-refractivity contribution in [3.8, 4) is 0 Å². The highest BCUT2D eigenvalue weighted by molar-refractivity contribution is 9.10. The van der Waals surface area contributed by atoms with Gasteiger partial charge in [-0.2, -0.15) is 0 Å². The summed E-state index contributed by atoms with van der Waals surface area (Å²) in [5, 5.41) is 6.90. The molecule has 0 saturated carbocycles. The van der Waals surface area contributed by atoms with E-state index in [-0.39, 0.29) is 11.9 Å². The van der Waals surface area contributed by atoms with Crippen molar-refractivity contribution < 1.29 is 9.32 Å². The Morgan fingerprint density at radius 3 is 2.65 bits per heavy atom. The summed E-state index contributed by atoms with van der Waals surface area (Å²) >= 11 is 3.39. The molecule has 1 aromatic heterocycles. The second-order valence-electron chi connectivity index (χ2n) is 4.89. The minimum atomic E-state index is -0.146. The van der Waals surface area contributed by atoms with E-state index in [0.717, 1.165) is 27.1 Å². The van der Waals surface area contributed by atoms with E-state index in [9.17, 15) is 4.79 Å². The monoisotopic (exact) mass is 336 g/mol. The van der Waals surface area contributed by atoms with Crippen molar-refractivity contribution in [1.82, 2.24) is 10.5 Å². The Morgan fingerprint density at radius 2 is 2.05 bits per heavy atom. The molecule has 4 nitrogen and oxygen atoms in total. The van der Waals surface area contributed by atoms with Gasteiger partial charge in [-0.3, -0.25) is 4.79 Å². The normalized spacial score (nSPS) is 12.2. The third-order valence-electron chi connectivity index (χ3n) is 3.31. The first-order valence-electron chi connectivity index (χ1n) is 6.40. The van der Waals surface area contributed by atoms with Gasteiger partial charge >= 0.3 is 0 Å². The van der Waals surface area contributed by atoms with E-state index in [1.807, 2.05) is 45.9 Å². The molecule has 1 aromatic carbocycles. The number of nitrogens with one attached hydrogen (secondary N) is 1. The molecule has 1 N–H and O–H groups in total. The first kappa shape index (κ1) is 14.8. The van der Waals surface area contributed by atoms with Crippen molar-refractivity contribution in [1.29, 1.82) is 0 Å². The van der Waals surface area contributed by atoms with Crippen LogP contribution in [-0.4, -0.2) is 11.1 Å². The van der Waals surface area contributed by atoms with Gasteiger partial charge in [0.25, 0.3) is 5.91 Å². The van der Waals surface area contributed by atoms with Gasteiger partial charge in [0.1, 0.15) is 5.76 Å². The summed E-state index contributed by atoms with van der Waals surface area (Å²) in [5.41, 5.74) is 3.35. The Kier molecular flexibility index (Phi) is 4.28. The Labute approximate surface area is 126 Å². The van der Waals surface area contributed by atoms with Crippen LogP contribution in [0.1, 0.15) is 45.9 Å². The smallest absolute Gasteiger partial charge is 0.252 e. The fourth-order valence-corrected chi connectivity index (χ4v) is 2.65. The summed E-state index contributed by atoms with van der Waals surface area (Å²) in [6, 6.07) is 5.51. The number of benzene rings is 1. The molecule has 2 rings (SSSR count). The highest BCUT2D eigenvalue weighted by Gasteiger charge is 2.19. The zero-order chi connectivity index (χ0) is 14.9. The van der Waals surface area contributed by atoms with Gasteiger partial charge in [0.2, 0.25) is 0 Å². The molecule has 0 spiro atoms. The van der Waals surface area contributed by atoms with Crippen LogP contribution in [0.5, 0.6) is 0 Å². The first-order chi connectivity index (χ1) is 9.40. The number of hydrogen-bond acceptors (Lipinski definition) is 3. The molecule has 0 saturated heterocycles. The van der Waals surface area contributed by atoms with E-state index < -0.39 is 0 Å². The van der Waals surface area contributed by atoms with Crippen molar-refractivity contribution in [3.63, 3.8) is 0 Å². The third-order valence-corrected chi connectivity index (χ3v) is 3.81. The molecule has 0 bridgehead atoms. The molecule has 5 heteroatoms. The molecule has 0 radical (unpaired) electrons. The predicted molar refractivity (Wildman–Crippen MR) is 80.7 cm³/mol. The number of rotatable bonds is 3. The molecular formula is C15H17BrN2O2. The molecule has 0 aliphatic rings. The average Bonchev–Trinajstić information content (AvgIpc) is 2.71. The summed E-state index contributed by atoms with van der Waals surface area (Å²) in [4.78, 5) is 12.4. The predicted octanol–water partition coefficient (Wildman–Crippen LogP) is 3.85. The number of carbonyl (C=O) groups is 1. The van der Waals surface area contributed by atoms with Gasteiger partial charge in [0.15, 0.2) is 0 Å². The van der Waals surface area contributed by atoms with Gasteiger partial charge in [-0.1, -0.05) is 27.2 Å². The third kappa shape index (κ3) is 2.93. The number of amides is 1. The lowest BCUT2D eigenvalue weighted by atomic mass is 10.0. The van der Waals surface area contributed by atoms with Crippen LogP contribution >= 0.6 is 15.9 Å². The molecule has 106 valence electrons. The van der Waals surface area contributed by atoms with E-state index in [4.69, 9.17) is 4.52 Å². The van der Waals surface area contributed by atoms with E-state index in [1.54, 1.807) is 0 Å². The largest absolute Gasteiger partial charge is 0.361 e. The van der Waals surface area contributed by atoms with E-state index in [0.29, 0.717) is 5.56 Å². The highest BCUT2D eigenvalue weighted by Crippen LogP contribution is 2.22. The topological polar surface area (TPSA) is 55.1 Å². The summed E-state index contributed by atoms with van der Waals surface area (Å²) < 4.78 is 6.03. The van der Waals surface area contributed by atoms with Crippen LogP contribution in [0.4, 0.5) is 0 Å². The lowest BCUT2D eigenvalue weighted by molar-refractivity contribution is 0.0939. The Balaban J connectivity index is 2.22. The zero-order valence-electron chi connectivity index (χ0n) is 12.0. The van der Waals surface area contributed by atoms with Gasteiger partial charge in [-0.05, 0) is 45.4 Å². The van der Waals surface area contributed by atoms with Crippen molar-refractivity contribution in [2.45, 2.75) is 33.7 Å². The van der Waals surface area contributed by atoms with Crippen molar-refractivity contribution in [3.05, 3.63) is 50.8 Å². The maximum Gasteiger partial charge on any atom is 0.252 e. The summed E-state index contributed by atoms with van der Waals surface area (Å²) in [6.07, 6.45) is 0. The maximum absolute atomic E-state index is 12.4. The van der Waals surface area contributed by atoms with E-state index >= 15 is 0 Å². The van der Waals surface area contributed by atoms with Crippen LogP contribution in [0.3, 0.4) is 0 Å². The molecule has 1 unspecified atom stereocenters. The Hall–Kier alpha value is -1.62. The zero-order valence-corrected chi connectivity index (χ0v) is 13.5. The van der Waals surface area contributed by atoms with E-state index in [2.05, 4.69) is 26.4 Å². The maximum atomic E-state index is 12.4. The lowest BCUT2D eigenvalue weighted by Gasteiger charge is -2.15. The minimum Gasteiger partial charge on any atom is -0.361 e. The summed E-state index contributed by atoms with van der Waals surface area (Å²) in [6.45, 7) is 7.57. The number of aryl methyl sites for hydroxylation is 3. The quantitative estimate of drug-likeness (QED) is 0.925. The highest BCUT2D eigenvalue weighted by atomic mass is 79.9. The number of hydrogen-bond donors (Lipinski definition) is 1. The number of carbonyl (C=O) groups excluding carboxylic acids is 1. The van der Waals surface area contributed by atoms with Crippen LogP contribution < -0.4 is 5.32 Å². The van der Waals surface area contributed by atoms with Crippen molar-refractivity contribution in [2.24, 2.45) is 0 Å². The molecule has 0 aliphatic heterocycles. The molecule has 1 amide bonds. The fourth-order valence-electron chi connectivity index (χ4n) is 2.29. The van der Waals surface area contributed by atoms with Gasteiger partial charge in [-0.15, -0.1) is 0 Å². The summed E-state index contributed by atoms with van der Waals surface area (Å²) in [7, 11) is 0. The van der Waals surface area contributed by atoms with Gasteiger partial charge in [0.05, 0.1) is 11.7 Å². The second-order valence-corrected chi connectivity index (χ2v) is 5.81. The SMILES string of the molecule is Cc1ccc(Br)cc1C(=O)NC(C)c1c(C)noc1C. The summed E-state index contributed by atoms with van der Waals surface area (Å²) in [5.74, 6) is 0.637. The molecule has 1 heterocycles. The standard InChI is InChI=1S/C15H17BrN2O2/c1-8-5-6-12(16)7-13(8)15(19)17-9(2)14-10(3)18-20-11(14)4/h5-7,9H,1-4H3,(H,17,19). The fraction of sp³-hybridized carbons (Fsp3) is 0.333. The Morgan fingerprint density at radius 1 is 1.35 bits per heavy atom. The van der Waals surface area contributed by atoms with Crippen LogP contribution in [0, 0.1) is 20.8 Å². The van der Waals surface area contributed by atoms with Crippen LogP contribution in [0.25, 0.3) is 0 Å². The van der Waals surface area contributed by atoms with Gasteiger partial charge in [0, 0.05) is 15.6 Å².